The third-order valence-electron chi connectivity index (χ3n) is 16.2. The van der Waals surface area contributed by atoms with Crippen molar-refractivity contribution in [2.24, 2.45) is 0 Å². The Bertz CT molecular complexity index is 2960. The highest BCUT2D eigenvalue weighted by atomic mass is 15.1. The summed E-state index contributed by atoms with van der Waals surface area (Å²) in [5, 5.41) is 0. The Balaban J connectivity index is 1.24. The summed E-state index contributed by atoms with van der Waals surface area (Å²) < 4.78 is 2.54. The van der Waals surface area contributed by atoms with Crippen molar-refractivity contribution in [1.29, 1.82) is 0 Å². The summed E-state index contributed by atoms with van der Waals surface area (Å²) in [6, 6.07) is 43.7. The molecular weight excluding hydrogens is 825 g/mol. The Hall–Kier alpha value is -6.00. The van der Waals surface area contributed by atoms with Gasteiger partial charge in [-0.15, -0.1) is 0 Å². The van der Waals surface area contributed by atoms with Gasteiger partial charge in [0.1, 0.15) is 0 Å². The number of benzene rings is 5. The lowest BCUT2D eigenvalue weighted by atomic mass is 9.59. The molecule has 0 amide bonds. The number of pyridine rings is 1. The highest BCUT2D eigenvalue weighted by Crippen LogP contribution is 2.58. The molecule has 2 aromatic heterocycles. The number of hydrogen-bond acceptors (Lipinski definition) is 3. The first kappa shape index (κ1) is 47.1. The average molecular weight is 898 g/mol. The van der Waals surface area contributed by atoms with Crippen molar-refractivity contribution >= 4 is 0 Å². The van der Waals surface area contributed by atoms with Gasteiger partial charge in [0.15, 0.2) is 29.2 Å². The monoisotopic (exact) mass is 898 g/mol. The van der Waals surface area contributed by atoms with Crippen molar-refractivity contribution in [2.45, 2.75) is 155 Å². The minimum Gasteiger partial charge on any atom is -0.208 e. The number of aryl methyl sites for hydroxylation is 2. The second-order valence-electron chi connectivity index (χ2n) is 22.4. The normalized spacial score (nSPS) is 19.5. The van der Waals surface area contributed by atoms with Gasteiger partial charge in [-0.25, -0.2) is 15.0 Å². The highest BCUT2D eigenvalue weighted by Gasteiger charge is 2.59. The minimum absolute atomic E-state index is 0.0337. The molecule has 0 spiro atoms. The van der Waals surface area contributed by atoms with Gasteiger partial charge in [0.05, 0.1) is 16.5 Å². The van der Waals surface area contributed by atoms with Gasteiger partial charge in [0.2, 0.25) is 5.69 Å². The van der Waals surface area contributed by atoms with E-state index in [0.717, 1.165) is 36.0 Å². The lowest BCUT2D eigenvalue weighted by Crippen LogP contribution is -2.68. The number of allylic oxidation sites excluding steroid dienone is 1. The van der Waals surface area contributed by atoms with Crippen molar-refractivity contribution in [2.75, 3.05) is 0 Å². The lowest BCUT2D eigenvalue weighted by Gasteiger charge is -2.47. The van der Waals surface area contributed by atoms with E-state index in [1.807, 2.05) is 0 Å². The van der Waals surface area contributed by atoms with E-state index in [1.165, 1.54) is 92.6 Å². The van der Waals surface area contributed by atoms with Crippen LogP contribution in [0.3, 0.4) is 0 Å². The molecule has 2 aliphatic rings. The highest BCUT2D eigenvalue weighted by molar-refractivity contribution is 5.87. The molecule has 4 nitrogen and oxygen atoms in total. The zero-order valence-corrected chi connectivity index (χ0v) is 43.1. The Labute approximate surface area is 408 Å². The molecule has 348 valence electrons. The first-order valence-electron chi connectivity index (χ1n) is 25.5. The van der Waals surface area contributed by atoms with Crippen LogP contribution in [0.4, 0.5) is 0 Å². The number of rotatable bonds is 12. The molecule has 0 fully saturated rings. The van der Waals surface area contributed by atoms with Gasteiger partial charge in [0, 0.05) is 29.0 Å². The molecule has 0 radical (unpaired) electrons. The van der Waals surface area contributed by atoms with E-state index in [-0.39, 0.29) is 21.7 Å². The summed E-state index contributed by atoms with van der Waals surface area (Å²) in [5.74, 6) is 1.98. The van der Waals surface area contributed by atoms with Crippen LogP contribution in [0.25, 0.3) is 56.5 Å². The predicted octanol–water partition coefficient (Wildman–Crippen LogP) is 16.2. The summed E-state index contributed by atoms with van der Waals surface area (Å²) >= 11 is 0. The summed E-state index contributed by atoms with van der Waals surface area (Å²) in [4.78, 5) is 15.8. The lowest BCUT2D eigenvalue weighted by molar-refractivity contribution is -0.755. The second-order valence-corrected chi connectivity index (χ2v) is 22.4. The van der Waals surface area contributed by atoms with Gasteiger partial charge in [-0.3, -0.25) is 0 Å². The fourth-order valence-electron chi connectivity index (χ4n) is 11.8. The molecule has 68 heavy (non-hydrogen) atoms. The van der Waals surface area contributed by atoms with Crippen LogP contribution in [0, 0.1) is 6.92 Å². The molecule has 1 aliphatic carbocycles. The van der Waals surface area contributed by atoms with E-state index in [1.54, 1.807) is 0 Å². The minimum atomic E-state index is -0.441. The van der Waals surface area contributed by atoms with Crippen LogP contribution in [-0.2, 0) is 33.6 Å². The zero-order valence-electron chi connectivity index (χ0n) is 43.1. The Morgan fingerprint density at radius 2 is 1.15 bits per heavy atom. The summed E-state index contributed by atoms with van der Waals surface area (Å²) in [6.07, 6.45) is 12.5. The smallest absolute Gasteiger partial charge is 0.208 e. The van der Waals surface area contributed by atoms with Crippen molar-refractivity contribution in [3.63, 3.8) is 0 Å². The van der Waals surface area contributed by atoms with Crippen LogP contribution in [0.2, 0.25) is 0 Å². The van der Waals surface area contributed by atoms with Crippen LogP contribution in [0.15, 0.2) is 134 Å². The van der Waals surface area contributed by atoms with Crippen molar-refractivity contribution in [3.05, 3.63) is 179 Å². The van der Waals surface area contributed by atoms with Crippen molar-refractivity contribution in [1.82, 2.24) is 15.0 Å². The number of aromatic nitrogens is 4. The molecule has 5 aromatic carbocycles. The van der Waals surface area contributed by atoms with Crippen molar-refractivity contribution in [3.8, 4) is 56.5 Å². The zero-order chi connectivity index (χ0) is 48.4. The Kier molecular flexibility index (Phi) is 12.1. The van der Waals surface area contributed by atoms with Gasteiger partial charge in [-0.2, -0.15) is 4.57 Å². The van der Waals surface area contributed by atoms with Gasteiger partial charge < -0.3 is 0 Å². The second kappa shape index (κ2) is 17.5. The largest absolute Gasteiger partial charge is 0.213 e. The third-order valence-corrected chi connectivity index (χ3v) is 16.2. The van der Waals surface area contributed by atoms with Gasteiger partial charge in [0.25, 0.3) is 0 Å². The molecule has 9 rings (SSSR count). The molecule has 3 atom stereocenters. The molecule has 3 heterocycles. The fourth-order valence-corrected chi connectivity index (χ4v) is 11.8. The maximum Gasteiger partial charge on any atom is 0.213 e. The van der Waals surface area contributed by atoms with E-state index < -0.39 is 5.54 Å². The molecule has 1 aliphatic heterocycles. The van der Waals surface area contributed by atoms with Crippen LogP contribution in [0.1, 0.15) is 159 Å². The predicted molar refractivity (Wildman–Crippen MR) is 285 cm³/mol. The van der Waals surface area contributed by atoms with Crippen molar-refractivity contribution < 1.29 is 4.57 Å². The van der Waals surface area contributed by atoms with Gasteiger partial charge in [-0.1, -0.05) is 185 Å². The Morgan fingerprint density at radius 3 is 1.71 bits per heavy atom. The van der Waals surface area contributed by atoms with E-state index in [4.69, 9.17) is 15.0 Å². The number of fused-ring (bicyclic) bond motifs is 6. The number of unbranched alkanes of at least 4 members (excludes halogenated alkanes) is 3. The van der Waals surface area contributed by atoms with Crippen LogP contribution in [-0.4, -0.2) is 15.0 Å². The molecule has 0 saturated heterocycles. The van der Waals surface area contributed by atoms with Crippen LogP contribution < -0.4 is 4.57 Å². The van der Waals surface area contributed by atoms with Crippen LogP contribution >= 0.6 is 0 Å². The van der Waals surface area contributed by atoms with E-state index in [9.17, 15) is 0 Å². The molecular formula is C64H73N4+. The van der Waals surface area contributed by atoms with Crippen LogP contribution in [0.5, 0.6) is 0 Å². The average Bonchev–Trinajstić information content (AvgIpc) is 3.59. The molecule has 7 aromatic rings. The Morgan fingerprint density at radius 1 is 0.574 bits per heavy atom. The summed E-state index contributed by atoms with van der Waals surface area (Å²) in [7, 11) is 0. The quantitative estimate of drug-likeness (QED) is 0.0697. The van der Waals surface area contributed by atoms with Gasteiger partial charge >= 0.3 is 0 Å². The van der Waals surface area contributed by atoms with E-state index in [0.29, 0.717) is 17.5 Å². The number of hydrogen-bond donors (Lipinski definition) is 0. The molecule has 0 saturated carbocycles. The summed E-state index contributed by atoms with van der Waals surface area (Å²) in [6.45, 7) is 32.3. The van der Waals surface area contributed by atoms with E-state index >= 15 is 0 Å². The fraction of sp³-hybridized carbons (Fsp3) is 0.375. The standard InChI is InChI=1S/C64H73N4/c1-14-18-19-20-23-43-36-42(5)37-49(38-43)63(13)53-25-22-21-24-50(53)51-39-54-52(40-55(51)63)56-35-30-46(41-68(56)64(16-3,17-4)62(54,12)15-2)59-66-57(44-26-31-47(32-27-44)60(6,7)8)65-58(67-59)45-28-33-48(34-29-45)61(9,10)11/h16,21-22,24-41H,3,14-15,17-20,23H2,1-2,4-13H3/q+1/t62?,63-,64?/m0/s1. The maximum atomic E-state index is 5.30. The molecule has 0 N–H and O–H groups in total. The third kappa shape index (κ3) is 7.77. The van der Waals surface area contributed by atoms with E-state index in [2.05, 4.69) is 222 Å². The maximum absolute atomic E-state index is 5.30. The SMILES string of the molecule is C=CC1(CC)[n+]2cc(-c3nc(-c4ccc(C(C)(C)C)cc4)nc(-c4ccc(C(C)(C)C)cc4)n3)ccc2-c2cc3c(cc2C1(C)CC)-c1ccccc1[C@]3(C)c1cc(C)cc(CCCCCC)c1. The van der Waals surface area contributed by atoms with Gasteiger partial charge in [-0.05, 0) is 125 Å². The molecule has 2 unspecified atom stereocenters. The molecule has 0 bridgehead atoms. The number of nitrogens with zero attached hydrogens (tertiary/aromatic N) is 4. The first-order valence-corrected chi connectivity index (χ1v) is 25.5. The first-order chi connectivity index (χ1) is 32.4. The summed E-state index contributed by atoms with van der Waals surface area (Å²) in [5.41, 5.74) is 17.9. The molecule has 4 heteroatoms. The topological polar surface area (TPSA) is 42.5 Å².